The highest BCUT2D eigenvalue weighted by Crippen LogP contribution is 2.18. The van der Waals surface area contributed by atoms with Crippen molar-refractivity contribution in [2.24, 2.45) is 0 Å². The molecule has 2 N–H and O–H groups in total. The molecule has 1 atom stereocenters. The van der Waals surface area contributed by atoms with E-state index in [-0.39, 0.29) is 11.7 Å². The fourth-order valence-electron chi connectivity index (χ4n) is 1.78. The van der Waals surface area contributed by atoms with Gasteiger partial charge in [-0.15, -0.1) is 0 Å². The predicted octanol–water partition coefficient (Wildman–Crippen LogP) is 4.61. The van der Waals surface area contributed by atoms with Gasteiger partial charge in [0.1, 0.15) is 11.6 Å². The number of hydrogen-bond donors (Lipinski definition) is 2. The molecule has 0 bridgehead atoms. The Labute approximate surface area is 129 Å². The lowest BCUT2D eigenvalue weighted by atomic mass is 10.1. The molecule has 0 aliphatic heterocycles. The highest BCUT2D eigenvalue weighted by Gasteiger charge is 2.12. The van der Waals surface area contributed by atoms with Crippen LogP contribution in [0, 0.1) is 11.6 Å². The molecule has 1 unspecified atom stereocenters. The Hall–Kier alpha value is -1.95. The highest BCUT2D eigenvalue weighted by atomic mass is 79.9. The van der Waals surface area contributed by atoms with E-state index < -0.39 is 17.7 Å². The summed E-state index contributed by atoms with van der Waals surface area (Å²) < 4.78 is 27.4. The standard InChI is InChI=1S/C15H13BrF2N2O/c1-9(10-2-4-11(16)5-3-10)19-15(21)20-14-8-12(17)6-7-13(14)18/h2-9H,1H3,(H2,19,20,21). The van der Waals surface area contributed by atoms with Gasteiger partial charge in [0.2, 0.25) is 0 Å². The zero-order valence-corrected chi connectivity index (χ0v) is 12.7. The van der Waals surface area contributed by atoms with Crippen molar-refractivity contribution in [3.05, 3.63) is 64.1 Å². The van der Waals surface area contributed by atoms with Crippen molar-refractivity contribution in [1.29, 1.82) is 0 Å². The maximum absolute atomic E-state index is 13.4. The van der Waals surface area contributed by atoms with Crippen LogP contribution >= 0.6 is 15.9 Å². The first-order valence-corrected chi connectivity index (χ1v) is 7.03. The average Bonchev–Trinajstić information content (AvgIpc) is 2.43. The zero-order chi connectivity index (χ0) is 15.4. The maximum Gasteiger partial charge on any atom is 0.319 e. The van der Waals surface area contributed by atoms with Crippen molar-refractivity contribution in [2.75, 3.05) is 5.32 Å². The number of halogens is 3. The van der Waals surface area contributed by atoms with E-state index in [1.807, 2.05) is 24.3 Å². The number of urea groups is 1. The number of hydrogen-bond acceptors (Lipinski definition) is 1. The molecule has 0 aliphatic carbocycles. The minimum atomic E-state index is -0.692. The summed E-state index contributed by atoms with van der Waals surface area (Å²) in [5.74, 6) is -1.31. The zero-order valence-electron chi connectivity index (χ0n) is 11.2. The molecule has 0 saturated carbocycles. The van der Waals surface area contributed by atoms with E-state index in [4.69, 9.17) is 0 Å². The van der Waals surface area contributed by atoms with Gasteiger partial charge in [0.25, 0.3) is 0 Å². The van der Waals surface area contributed by atoms with E-state index in [1.165, 1.54) is 0 Å². The summed E-state index contributed by atoms with van der Waals surface area (Å²) in [7, 11) is 0. The molecule has 0 spiro atoms. The van der Waals surface area contributed by atoms with Gasteiger partial charge in [0.15, 0.2) is 0 Å². The van der Waals surface area contributed by atoms with Gasteiger partial charge >= 0.3 is 6.03 Å². The third-order valence-electron chi connectivity index (χ3n) is 2.89. The molecule has 2 rings (SSSR count). The van der Waals surface area contributed by atoms with Crippen LogP contribution in [0.2, 0.25) is 0 Å². The second kappa shape index (κ2) is 6.67. The molecule has 0 radical (unpaired) electrons. The number of nitrogens with one attached hydrogen (secondary N) is 2. The molecule has 0 heterocycles. The van der Waals surface area contributed by atoms with Crippen molar-refractivity contribution in [3.8, 4) is 0 Å². The Morgan fingerprint density at radius 1 is 1.14 bits per heavy atom. The molecule has 6 heteroatoms. The minimum absolute atomic E-state index is 0.199. The van der Waals surface area contributed by atoms with Crippen molar-refractivity contribution < 1.29 is 13.6 Å². The fraction of sp³-hybridized carbons (Fsp3) is 0.133. The molecule has 110 valence electrons. The van der Waals surface area contributed by atoms with Gasteiger partial charge in [-0.3, -0.25) is 0 Å². The minimum Gasteiger partial charge on any atom is -0.331 e. The maximum atomic E-state index is 13.4. The molecule has 0 aliphatic rings. The Balaban J connectivity index is 2.01. The first-order valence-electron chi connectivity index (χ1n) is 6.24. The molecule has 0 aromatic heterocycles. The molecule has 3 nitrogen and oxygen atoms in total. The first kappa shape index (κ1) is 15.4. The topological polar surface area (TPSA) is 41.1 Å². The van der Waals surface area contributed by atoms with Crippen molar-refractivity contribution >= 4 is 27.6 Å². The van der Waals surface area contributed by atoms with Crippen LogP contribution < -0.4 is 10.6 Å². The van der Waals surface area contributed by atoms with Crippen LogP contribution in [0.4, 0.5) is 19.3 Å². The van der Waals surface area contributed by atoms with Gasteiger partial charge in [-0.05, 0) is 36.8 Å². The Bertz CT molecular complexity index is 647. The smallest absolute Gasteiger partial charge is 0.319 e. The van der Waals surface area contributed by atoms with Crippen molar-refractivity contribution in [1.82, 2.24) is 5.32 Å². The van der Waals surface area contributed by atoms with Crippen LogP contribution in [0.1, 0.15) is 18.5 Å². The first-order chi connectivity index (χ1) is 9.95. The summed E-state index contributed by atoms with van der Waals surface area (Å²) in [5.41, 5.74) is 0.698. The van der Waals surface area contributed by atoms with E-state index in [2.05, 4.69) is 26.6 Å². The predicted molar refractivity (Wildman–Crippen MR) is 81.1 cm³/mol. The molecule has 2 aromatic carbocycles. The van der Waals surface area contributed by atoms with Gasteiger partial charge in [-0.2, -0.15) is 0 Å². The van der Waals surface area contributed by atoms with Crippen LogP contribution in [-0.2, 0) is 0 Å². The van der Waals surface area contributed by atoms with Gasteiger partial charge in [0, 0.05) is 10.5 Å². The SMILES string of the molecule is CC(NC(=O)Nc1cc(F)ccc1F)c1ccc(Br)cc1. The number of carbonyl (C=O) groups is 1. The summed E-state index contributed by atoms with van der Waals surface area (Å²) in [6.45, 7) is 1.80. The molecule has 2 amide bonds. The molecular weight excluding hydrogens is 342 g/mol. The van der Waals surface area contributed by atoms with Crippen LogP contribution in [0.25, 0.3) is 0 Å². The summed E-state index contributed by atoms with van der Waals surface area (Å²) >= 11 is 3.33. The molecule has 0 saturated heterocycles. The van der Waals surface area contributed by atoms with Gasteiger partial charge in [0.05, 0.1) is 11.7 Å². The monoisotopic (exact) mass is 354 g/mol. The third kappa shape index (κ3) is 4.26. The number of rotatable bonds is 3. The second-order valence-corrected chi connectivity index (χ2v) is 5.41. The molecule has 0 fully saturated rings. The van der Waals surface area contributed by atoms with Crippen LogP contribution in [-0.4, -0.2) is 6.03 Å². The molecule has 21 heavy (non-hydrogen) atoms. The van der Waals surface area contributed by atoms with Crippen molar-refractivity contribution in [2.45, 2.75) is 13.0 Å². The Morgan fingerprint density at radius 2 is 1.81 bits per heavy atom. The van der Waals surface area contributed by atoms with Gasteiger partial charge in [-0.25, -0.2) is 13.6 Å². The van der Waals surface area contributed by atoms with Crippen molar-refractivity contribution in [3.63, 3.8) is 0 Å². The number of carbonyl (C=O) groups excluding carboxylic acids is 1. The summed E-state index contributed by atoms with van der Waals surface area (Å²) in [4.78, 5) is 11.8. The second-order valence-electron chi connectivity index (χ2n) is 4.50. The van der Waals surface area contributed by atoms with Crippen LogP contribution in [0.5, 0.6) is 0 Å². The normalized spacial score (nSPS) is 11.8. The average molecular weight is 355 g/mol. The van der Waals surface area contributed by atoms with Gasteiger partial charge < -0.3 is 10.6 Å². The van der Waals surface area contributed by atoms with Crippen LogP contribution in [0.15, 0.2) is 46.9 Å². The van der Waals surface area contributed by atoms with E-state index >= 15 is 0 Å². The van der Waals surface area contributed by atoms with E-state index in [9.17, 15) is 13.6 Å². The summed E-state index contributed by atoms with van der Waals surface area (Å²) in [5, 5.41) is 4.95. The fourth-order valence-corrected chi connectivity index (χ4v) is 2.05. The lowest BCUT2D eigenvalue weighted by Crippen LogP contribution is -2.31. The third-order valence-corrected chi connectivity index (χ3v) is 3.42. The Kier molecular flexibility index (Phi) is 4.90. The van der Waals surface area contributed by atoms with E-state index in [0.29, 0.717) is 0 Å². The molecule has 2 aromatic rings. The lowest BCUT2D eigenvalue weighted by molar-refractivity contribution is 0.249. The number of benzene rings is 2. The molecular formula is C15H13BrF2N2O. The lowest BCUT2D eigenvalue weighted by Gasteiger charge is -2.15. The highest BCUT2D eigenvalue weighted by molar-refractivity contribution is 9.10. The van der Waals surface area contributed by atoms with Gasteiger partial charge in [-0.1, -0.05) is 28.1 Å². The Morgan fingerprint density at radius 3 is 2.48 bits per heavy atom. The summed E-state index contributed by atoms with van der Waals surface area (Å²) in [6, 6.07) is 9.44. The number of anilines is 1. The van der Waals surface area contributed by atoms with Crippen LogP contribution in [0.3, 0.4) is 0 Å². The van der Waals surface area contributed by atoms with E-state index in [1.54, 1.807) is 6.92 Å². The van der Waals surface area contributed by atoms with E-state index in [0.717, 1.165) is 28.2 Å². The number of amides is 2. The largest absolute Gasteiger partial charge is 0.331 e. The summed E-state index contributed by atoms with van der Waals surface area (Å²) in [6.07, 6.45) is 0. The quantitative estimate of drug-likeness (QED) is 0.830.